The minimum absolute atomic E-state index is 0.0435. The molecule has 2 N–H and O–H groups in total. The lowest BCUT2D eigenvalue weighted by atomic mass is 10.00. The summed E-state index contributed by atoms with van der Waals surface area (Å²) in [6, 6.07) is 12.2. The summed E-state index contributed by atoms with van der Waals surface area (Å²) < 4.78 is 1.75. The van der Waals surface area contributed by atoms with Crippen LogP contribution in [0.15, 0.2) is 48.8 Å². The first-order valence-electron chi connectivity index (χ1n) is 7.70. The van der Waals surface area contributed by atoms with Gasteiger partial charge in [-0.3, -0.25) is 9.59 Å². The standard InChI is InChI=1S/C18H16ClN3O3/c19-10-15(24)21-13-6-7-14-17(20-11-22(14)8-9-23)16(13)18(25)12-4-2-1-3-5-12/h1-7,11,23H,8-10H2,(H,21,24). The zero-order valence-corrected chi connectivity index (χ0v) is 14.0. The van der Waals surface area contributed by atoms with Crippen molar-refractivity contribution in [1.82, 2.24) is 9.55 Å². The van der Waals surface area contributed by atoms with Crippen molar-refractivity contribution in [3.8, 4) is 0 Å². The maximum Gasteiger partial charge on any atom is 0.239 e. The number of carbonyl (C=O) groups excluding carboxylic acids is 2. The molecule has 6 nitrogen and oxygen atoms in total. The number of nitrogens with one attached hydrogen (secondary N) is 1. The summed E-state index contributed by atoms with van der Waals surface area (Å²) in [6.45, 7) is 0.320. The summed E-state index contributed by atoms with van der Waals surface area (Å²) >= 11 is 5.57. The lowest BCUT2D eigenvalue weighted by Gasteiger charge is -2.11. The molecule has 0 bridgehead atoms. The Morgan fingerprint density at radius 1 is 1.16 bits per heavy atom. The van der Waals surface area contributed by atoms with Crippen molar-refractivity contribution in [3.05, 3.63) is 59.9 Å². The summed E-state index contributed by atoms with van der Waals surface area (Å²) in [5.74, 6) is -0.862. The molecule has 1 heterocycles. The Labute approximate surface area is 149 Å². The highest BCUT2D eigenvalue weighted by atomic mass is 35.5. The van der Waals surface area contributed by atoms with Crippen molar-refractivity contribution in [2.45, 2.75) is 6.54 Å². The predicted molar refractivity (Wildman–Crippen MR) is 96.0 cm³/mol. The minimum Gasteiger partial charge on any atom is -0.395 e. The number of benzene rings is 2. The molecule has 1 amide bonds. The van der Waals surface area contributed by atoms with Crippen LogP contribution >= 0.6 is 11.6 Å². The van der Waals surface area contributed by atoms with Gasteiger partial charge in [0.1, 0.15) is 11.4 Å². The molecule has 0 aliphatic rings. The molecule has 0 saturated carbocycles. The number of carbonyl (C=O) groups is 2. The van der Waals surface area contributed by atoms with Crippen molar-refractivity contribution in [2.75, 3.05) is 17.8 Å². The van der Waals surface area contributed by atoms with E-state index in [1.165, 1.54) is 0 Å². The van der Waals surface area contributed by atoms with Gasteiger partial charge in [-0.1, -0.05) is 30.3 Å². The van der Waals surface area contributed by atoms with Gasteiger partial charge in [-0.2, -0.15) is 0 Å². The number of nitrogens with zero attached hydrogens (tertiary/aromatic N) is 2. The van der Waals surface area contributed by atoms with Gasteiger partial charge in [0.2, 0.25) is 5.91 Å². The molecule has 3 rings (SSSR count). The van der Waals surface area contributed by atoms with E-state index in [0.717, 1.165) is 0 Å². The van der Waals surface area contributed by atoms with E-state index in [2.05, 4.69) is 10.3 Å². The SMILES string of the molecule is O=C(CCl)Nc1ccc2c(ncn2CCO)c1C(=O)c1ccccc1. The normalized spacial score (nSPS) is 10.8. The van der Waals surface area contributed by atoms with Crippen molar-refractivity contribution in [3.63, 3.8) is 0 Å². The largest absolute Gasteiger partial charge is 0.395 e. The second-order valence-electron chi connectivity index (χ2n) is 5.39. The van der Waals surface area contributed by atoms with Crippen LogP contribution in [0.2, 0.25) is 0 Å². The predicted octanol–water partition coefficient (Wildman–Crippen LogP) is 2.44. The van der Waals surface area contributed by atoms with E-state index in [4.69, 9.17) is 11.6 Å². The van der Waals surface area contributed by atoms with E-state index in [1.54, 1.807) is 47.3 Å². The van der Waals surface area contributed by atoms with Crippen LogP contribution in [0.1, 0.15) is 15.9 Å². The molecule has 3 aromatic rings. The van der Waals surface area contributed by atoms with Crippen molar-refractivity contribution >= 4 is 40.0 Å². The molecule has 0 radical (unpaired) electrons. The number of alkyl halides is 1. The fraction of sp³-hybridized carbons (Fsp3) is 0.167. The number of halogens is 1. The summed E-state index contributed by atoms with van der Waals surface area (Å²) in [4.78, 5) is 29.1. The summed E-state index contributed by atoms with van der Waals surface area (Å²) in [5, 5.41) is 11.8. The van der Waals surface area contributed by atoms with Gasteiger partial charge in [0.25, 0.3) is 0 Å². The number of hydrogen-bond acceptors (Lipinski definition) is 4. The van der Waals surface area contributed by atoms with Crippen LogP contribution in [-0.2, 0) is 11.3 Å². The number of imidazole rings is 1. The van der Waals surface area contributed by atoms with Gasteiger partial charge in [-0.05, 0) is 12.1 Å². The van der Waals surface area contributed by atoms with Gasteiger partial charge >= 0.3 is 0 Å². The highest BCUT2D eigenvalue weighted by Crippen LogP contribution is 2.28. The lowest BCUT2D eigenvalue weighted by molar-refractivity contribution is -0.113. The first-order valence-corrected chi connectivity index (χ1v) is 8.23. The summed E-state index contributed by atoms with van der Waals surface area (Å²) in [5.41, 5.74) is 2.33. The molecular weight excluding hydrogens is 342 g/mol. The Kier molecular flexibility index (Phi) is 5.11. The van der Waals surface area contributed by atoms with E-state index < -0.39 is 5.91 Å². The van der Waals surface area contributed by atoms with Gasteiger partial charge in [-0.25, -0.2) is 4.98 Å². The fourth-order valence-electron chi connectivity index (χ4n) is 2.67. The third kappa shape index (κ3) is 3.40. The van der Waals surface area contributed by atoms with Crippen LogP contribution in [0.5, 0.6) is 0 Å². The maximum absolute atomic E-state index is 13.0. The molecule has 0 saturated heterocycles. The minimum atomic E-state index is -0.405. The number of anilines is 1. The number of aliphatic hydroxyl groups excluding tert-OH is 1. The Morgan fingerprint density at radius 2 is 1.92 bits per heavy atom. The molecule has 0 fully saturated rings. The first-order chi connectivity index (χ1) is 12.2. The number of rotatable bonds is 6. The van der Waals surface area contributed by atoms with E-state index in [0.29, 0.717) is 34.4 Å². The van der Waals surface area contributed by atoms with Gasteiger partial charge in [0, 0.05) is 12.1 Å². The van der Waals surface area contributed by atoms with Crippen LogP contribution in [0, 0.1) is 0 Å². The lowest BCUT2D eigenvalue weighted by Crippen LogP contribution is -2.16. The number of hydrogen-bond donors (Lipinski definition) is 2. The molecule has 1 aromatic heterocycles. The highest BCUT2D eigenvalue weighted by Gasteiger charge is 2.21. The molecule has 128 valence electrons. The van der Waals surface area contributed by atoms with Crippen molar-refractivity contribution < 1.29 is 14.7 Å². The van der Waals surface area contributed by atoms with Gasteiger partial charge < -0.3 is 15.0 Å². The molecule has 25 heavy (non-hydrogen) atoms. The molecule has 7 heteroatoms. The van der Waals surface area contributed by atoms with E-state index in [9.17, 15) is 14.7 Å². The molecule has 0 atom stereocenters. The maximum atomic E-state index is 13.0. The third-order valence-electron chi connectivity index (χ3n) is 3.79. The van der Waals surface area contributed by atoms with E-state index in [1.807, 2.05) is 6.07 Å². The van der Waals surface area contributed by atoms with E-state index >= 15 is 0 Å². The monoisotopic (exact) mass is 357 g/mol. The quantitative estimate of drug-likeness (QED) is 0.524. The van der Waals surface area contributed by atoms with Gasteiger partial charge in [0.15, 0.2) is 5.78 Å². The fourth-order valence-corrected chi connectivity index (χ4v) is 2.74. The molecule has 0 aliphatic carbocycles. The number of aliphatic hydroxyl groups is 1. The zero-order chi connectivity index (χ0) is 17.8. The Hall–Kier alpha value is -2.70. The van der Waals surface area contributed by atoms with Crippen molar-refractivity contribution in [2.24, 2.45) is 0 Å². The Bertz CT molecular complexity index is 922. The number of fused-ring (bicyclic) bond motifs is 1. The zero-order valence-electron chi connectivity index (χ0n) is 13.3. The molecule has 0 spiro atoms. The van der Waals surface area contributed by atoms with Gasteiger partial charge in [0.05, 0.1) is 29.7 Å². The van der Waals surface area contributed by atoms with Crippen LogP contribution in [0.3, 0.4) is 0 Å². The second-order valence-corrected chi connectivity index (χ2v) is 5.66. The van der Waals surface area contributed by atoms with Crippen LogP contribution in [-0.4, -0.2) is 38.8 Å². The number of amides is 1. The van der Waals surface area contributed by atoms with Crippen LogP contribution in [0.4, 0.5) is 5.69 Å². The number of aromatic nitrogens is 2. The molecule has 2 aromatic carbocycles. The van der Waals surface area contributed by atoms with Crippen molar-refractivity contribution in [1.29, 1.82) is 0 Å². The number of ketones is 1. The van der Waals surface area contributed by atoms with Crippen LogP contribution < -0.4 is 5.32 Å². The Morgan fingerprint density at radius 3 is 2.60 bits per heavy atom. The molecule has 0 aliphatic heterocycles. The van der Waals surface area contributed by atoms with Gasteiger partial charge in [-0.15, -0.1) is 11.6 Å². The Balaban J connectivity index is 2.18. The molecular formula is C18H16ClN3O3. The molecule has 0 unspecified atom stereocenters. The topological polar surface area (TPSA) is 84.2 Å². The highest BCUT2D eigenvalue weighted by molar-refractivity contribution is 6.29. The third-order valence-corrected chi connectivity index (χ3v) is 4.03. The van der Waals surface area contributed by atoms with E-state index in [-0.39, 0.29) is 18.3 Å². The summed E-state index contributed by atoms with van der Waals surface area (Å²) in [6.07, 6.45) is 1.57. The smallest absolute Gasteiger partial charge is 0.239 e. The second kappa shape index (κ2) is 7.46. The summed E-state index contributed by atoms with van der Waals surface area (Å²) in [7, 11) is 0. The average molecular weight is 358 g/mol. The van der Waals surface area contributed by atoms with Crippen LogP contribution in [0.25, 0.3) is 11.0 Å². The first kappa shape index (κ1) is 17.1. The average Bonchev–Trinajstić information content (AvgIpc) is 3.05.